The number of benzene rings is 2. The van der Waals surface area contributed by atoms with E-state index >= 15 is 0 Å². The van der Waals surface area contributed by atoms with Crippen LogP contribution in [-0.4, -0.2) is 43.1 Å². The molecule has 1 unspecified atom stereocenters. The summed E-state index contributed by atoms with van der Waals surface area (Å²) in [7, 11) is 3.97. The van der Waals surface area contributed by atoms with E-state index in [0.29, 0.717) is 23.6 Å². The minimum absolute atomic E-state index is 0.352. The molecule has 4 rings (SSSR count). The minimum Gasteiger partial charge on any atom is -0.378 e. The summed E-state index contributed by atoms with van der Waals surface area (Å²) in [5, 5.41) is 12.9. The first-order valence-corrected chi connectivity index (χ1v) is 11.5. The summed E-state index contributed by atoms with van der Waals surface area (Å²) in [5.41, 5.74) is 3.98. The molecule has 1 aliphatic rings. The van der Waals surface area contributed by atoms with Gasteiger partial charge in [-0.2, -0.15) is 5.26 Å². The minimum atomic E-state index is -1.03. The number of amides is 1. The van der Waals surface area contributed by atoms with Gasteiger partial charge in [0.1, 0.15) is 5.69 Å². The molecule has 0 radical (unpaired) electrons. The molecule has 0 bridgehead atoms. The van der Waals surface area contributed by atoms with Crippen molar-refractivity contribution < 1.29 is 4.79 Å². The molecule has 3 aromatic rings. The molecule has 7 heteroatoms. The van der Waals surface area contributed by atoms with E-state index in [-0.39, 0.29) is 5.91 Å². The summed E-state index contributed by atoms with van der Waals surface area (Å²) in [6.45, 7) is 2.07. The number of hydrogen-bond acceptors (Lipinski definition) is 6. The van der Waals surface area contributed by atoms with Crippen LogP contribution in [0.3, 0.4) is 0 Å². The van der Waals surface area contributed by atoms with Gasteiger partial charge in [-0.15, -0.1) is 0 Å². The molecule has 0 spiro atoms. The zero-order valence-corrected chi connectivity index (χ0v) is 19.3. The standard InChI is InChI=1S/C26H30N6O/c1-31(2)20-13-11-19(12-14-20)18-28-26(33)21(17-27)24-25(32-15-7-3-4-8-16-32)30-23-10-6-5-9-22(23)29-24/h5-6,9-14,21H,3-4,7-8,15-16,18H2,1-2H3,(H,28,33). The number of fused-ring (bicyclic) bond motifs is 1. The lowest BCUT2D eigenvalue weighted by Crippen LogP contribution is -2.32. The Morgan fingerprint density at radius 3 is 2.27 bits per heavy atom. The van der Waals surface area contributed by atoms with Crippen molar-refractivity contribution in [1.82, 2.24) is 15.3 Å². The quantitative estimate of drug-likeness (QED) is 0.621. The number of nitrogens with one attached hydrogen (secondary N) is 1. The van der Waals surface area contributed by atoms with Crippen LogP contribution in [0.25, 0.3) is 11.0 Å². The average molecular weight is 443 g/mol. The van der Waals surface area contributed by atoms with Crippen molar-refractivity contribution in [2.45, 2.75) is 38.1 Å². The number of carbonyl (C=O) groups is 1. The molecule has 1 aliphatic heterocycles. The Bertz CT molecular complexity index is 1140. The molecule has 7 nitrogen and oxygen atoms in total. The van der Waals surface area contributed by atoms with Crippen LogP contribution >= 0.6 is 0 Å². The molecule has 1 amide bonds. The van der Waals surface area contributed by atoms with E-state index in [1.54, 1.807) is 0 Å². The zero-order valence-electron chi connectivity index (χ0n) is 19.3. The molecule has 1 saturated heterocycles. The highest BCUT2D eigenvalue weighted by molar-refractivity contribution is 5.88. The second kappa shape index (κ2) is 10.3. The summed E-state index contributed by atoms with van der Waals surface area (Å²) >= 11 is 0. The van der Waals surface area contributed by atoms with Crippen molar-refractivity contribution in [3.63, 3.8) is 0 Å². The summed E-state index contributed by atoms with van der Waals surface area (Å²) in [6.07, 6.45) is 4.50. The van der Waals surface area contributed by atoms with Gasteiger partial charge in [-0.25, -0.2) is 9.97 Å². The Kier molecular flexibility index (Phi) is 7.04. The predicted molar refractivity (Wildman–Crippen MR) is 131 cm³/mol. The number of aromatic nitrogens is 2. The molecule has 170 valence electrons. The number of carbonyl (C=O) groups excluding carboxylic acids is 1. The molecule has 33 heavy (non-hydrogen) atoms. The molecule has 0 aliphatic carbocycles. The average Bonchev–Trinajstić information content (AvgIpc) is 3.12. The Hall–Kier alpha value is -3.66. The van der Waals surface area contributed by atoms with Gasteiger partial charge in [-0.05, 0) is 42.7 Å². The van der Waals surface area contributed by atoms with Crippen molar-refractivity contribution in [2.75, 3.05) is 37.0 Å². The van der Waals surface area contributed by atoms with Crippen LogP contribution in [0, 0.1) is 11.3 Å². The van der Waals surface area contributed by atoms with Gasteiger partial charge in [0.05, 0.1) is 17.1 Å². The van der Waals surface area contributed by atoms with Crippen molar-refractivity contribution in [1.29, 1.82) is 5.26 Å². The third-order valence-electron chi connectivity index (χ3n) is 6.07. The fourth-order valence-corrected chi connectivity index (χ4v) is 4.16. The monoisotopic (exact) mass is 442 g/mol. The van der Waals surface area contributed by atoms with Crippen molar-refractivity contribution in [2.24, 2.45) is 0 Å². The van der Waals surface area contributed by atoms with Crippen molar-refractivity contribution >= 4 is 28.4 Å². The largest absolute Gasteiger partial charge is 0.378 e. The third-order valence-corrected chi connectivity index (χ3v) is 6.07. The first kappa shape index (κ1) is 22.5. The zero-order chi connectivity index (χ0) is 23.2. The second-order valence-corrected chi connectivity index (χ2v) is 8.66. The maximum atomic E-state index is 13.1. The smallest absolute Gasteiger partial charge is 0.243 e. The van der Waals surface area contributed by atoms with Crippen LogP contribution in [-0.2, 0) is 11.3 Å². The second-order valence-electron chi connectivity index (χ2n) is 8.66. The molecular formula is C26H30N6O. The van der Waals surface area contributed by atoms with E-state index in [1.165, 1.54) is 12.8 Å². The normalized spacial score (nSPS) is 14.9. The van der Waals surface area contributed by atoms with E-state index in [9.17, 15) is 10.1 Å². The molecule has 2 heterocycles. The third kappa shape index (κ3) is 5.23. The summed E-state index contributed by atoms with van der Waals surface area (Å²) in [4.78, 5) is 27.0. The van der Waals surface area contributed by atoms with E-state index in [2.05, 4.69) is 16.3 Å². The highest BCUT2D eigenvalue weighted by Crippen LogP contribution is 2.29. The Morgan fingerprint density at radius 1 is 1.03 bits per heavy atom. The predicted octanol–water partition coefficient (Wildman–Crippen LogP) is 4.00. The number of nitriles is 1. The van der Waals surface area contributed by atoms with Gasteiger partial charge in [0.25, 0.3) is 0 Å². The lowest BCUT2D eigenvalue weighted by molar-refractivity contribution is -0.121. The SMILES string of the molecule is CN(C)c1ccc(CNC(=O)C(C#N)c2nc3ccccc3nc2N2CCCCCC2)cc1. The molecule has 1 aromatic heterocycles. The molecular weight excluding hydrogens is 412 g/mol. The summed E-state index contributed by atoms with van der Waals surface area (Å²) < 4.78 is 0. The number of rotatable bonds is 6. The number of nitrogens with zero attached hydrogens (tertiary/aromatic N) is 5. The van der Waals surface area contributed by atoms with Crippen LogP contribution in [0.5, 0.6) is 0 Å². The number of para-hydroxylation sites is 2. The highest BCUT2D eigenvalue weighted by Gasteiger charge is 2.29. The summed E-state index contributed by atoms with van der Waals surface area (Å²) in [6, 6.07) is 17.8. The maximum absolute atomic E-state index is 13.1. The Balaban J connectivity index is 1.61. The lowest BCUT2D eigenvalue weighted by atomic mass is 10.0. The first-order valence-electron chi connectivity index (χ1n) is 11.5. The maximum Gasteiger partial charge on any atom is 0.243 e. The lowest BCUT2D eigenvalue weighted by Gasteiger charge is -2.25. The van der Waals surface area contributed by atoms with Gasteiger partial charge in [-0.1, -0.05) is 37.1 Å². The van der Waals surface area contributed by atoms with Gasteiger partial charge < -0.3 is 15.1 Å². The Labute approximate surface area is 195 Å². The highest BCUT2D eigenvalue weighted by atomic mass is 16.1. The molecule has 1 N–H and O–H groups in total. The van der Waals surface area contributed by atoms with Crippen LogP contribution in [0.15, 0.2) is 48.5 Å². The fourth-order valence-electron chi connectivity index (χ4n) is 4.16. The van der Waals surface area contributed by atoms with Gasteiger partial charge in [0, 0.05) is 39.4 Å². The molecule has 1 fully saturated rings. The van der Waals surface area contributed by atoms with E-state index in [1.807, 2.05) is 67.5 Å². The topological polar surface area (TPSA) is 85.2 Å². The Morgan fingerprint density at radius 2 is 1.67 bits per heavy atom. The van der Waals surface area contributed by atoms with Gasteiger partial charge in [0.15, 0.2) is 11.7 Å². The summed E-state index contributed by atoms with van der Waals surface area (Å²) in [5.74, 6) is -0.719. The van der Waals surface area contributed by atoms with Crippen LogP contribution in [0.1, 0.15) is 42.9 Å². The molecule has 0 saturated carbocycles. The molecule has 2 aromatic carbocycles. The van der Waals surface area contributed by atoms with Crippen LogP contribution in [0.2, 0.25) is 0 Å². The van der Waals surface area contributed by atoms with Crippen LogP contribution in [0.4, 0.5) is 11.5 Å². The van der Waals surface area contributed by atoms with E-state index in [0.717, 1.165) is 42.7 Å². The van der Waals surface area contributed by atoms with Gasteiger partial charge in [-0.3, -0.25) is 4.79 Å². The first-order chi connectivity index (χ1) is 16.1. The van der Waals surface area contributed by atoms with E-state index in [4.69, 9.17) is 9.97 Å². The van der Waals surface area contributed by atoms with Gasteiger partial charge in [0.2, 0.25) is 5.91 Å². The van der Waals surface area contributed by atoms with Crippen molar-refractivity contribution in [3.05, 3.63) is 59.8 Å². The number of hydrogen-bond donors (Lipinski definition) is 1. The fraction of sp³-hybridized carbons (Fsp3) is 0.385. The molecule has 1 atom stereocenters. The van der Waals surface area contributed by atoms with E-state index < -0.39 is 5.92 Å². The number of anilines is 2. The van der Waals surface area contributed by atoms with Crippen LogP contribution < -0.4 is 15.1 Å². The van der Waals surface area contributed by atoms with Gasteiger partial charge >= 0.3 is 0 Å². The van der Waals surface area contributed by atoms with Crippen molar-refractivity contribution in [3.8, 4) is 6.07 Å².